The molecular formula is C22H19FN2O5S. The number of carbonyl (C=O) groups excluding carboxylic acids is 2. The van der Waals surface area contributed by atoms with Crippen LogP contribution in [-0.4, -0.2) is 27.4 Å². The van der Waals surface area contributed by atoms with Crippen molar-refractivity contribution in [2.45, 2.75) is 11.8 Å². The van der Waals surface area contributed by atoms with Crippen LogP contribution in [-0.2, 0) is 14.8 Å². The lowest BCUT2D eigenvalue weighted by Crippen LogP contribution is -2.17. The van der Waals surface area contributed by atoms with Crippen LogP contribution in [0.25, 0.3) is 0 Å². The summed E-state index contributed by atoms with van der Waals surface area (Å²) >= 11 is 0. The zero-order valence-electron chi connectivity index (χ0n) is 16.7. The predicted molar refractivity (Wildman–Crippen MR) is 114 cm³/mol. The summed E-state index contributed by atoms with van der Waals surface area (Å²) in [4.78, 5) is 24.2. The van der Waals surface area contributed by atoms with Gasteiger partial charge in [0.1, 0.15) is 5.82 Å². The van der Waals surface area contributed by atoms with E-state index in [1.807, 2.05) is 0 Å². The van der Waals surface area contributed by atoms with Crippen molar-refractivity contribution in [3.63, 3.8) is 0 Å². The van der Waals surface area contributed by atoms with Crippen molar-refractivity contribution in [1.29, 1.82) is 0 Å². The van der Waals surface area contributed by atoms with Crippen LogP contribution in [0.4, 0.5) is 15.8 Å². The number of nitrogens with one attached hydrogen (secondary N) is 2. The van der Waals surface area contributed by atoms with Crippen LogP contribution in [0.15, 0.2) is 71.6 Å². The molecule has 0 aliphatic carbocycles. The van der Waals surface area contributed by atoms with E-state index in [9.17, 15) is 22.4 Å². The van der Waals surface area contributed by atoms with Crippen molar-refractivity contribution in [3.8, 4) is 0 Å². The maximum atomic E-state index is 13.8. The van der Waals surface area contributed by atoms with Crippen molar-refractivity contribution in [3.05, 3.63) is 89.2 Å². The third-order valence-corrected chi connectivity index (χ3v) is 5.79. The van der Waals surface area contributed by atoms with Crippen LogP contribution in [0.5, 0.6) is 0 Å². The highest BCUT2D eigenvalue weighted by atomic mass is 32.2. The summed E-state index contributed by atoms with van der Waals surface area (Å²) < 4.78 is 45.9. The first kappa shape index (κ1) is 22.0. The Morgan fingerprint density at radius 1 is 0.903 bits per heavy atom. The fraction of sp³-hybridized carbons (Fsp3) is 0.0909. The van der Waals surface area contributed by atoms with Gasteiger partial charge in [0.25, 0.3) is 15.9 Å². The van der Waals surface area contributed by atoms with E-state index in [1.165, 1.54) is 55.6 Å². The fourth-order valence-corrected chi connectivity index (χ4v) is 3.86. The summed E-state index contributed by atoms with van der Waals surface area (Å²) in [5.41, 5.74) is 1.21. The van der Waals surface area contributed by atoms with Crippen molar-refractivity contribution in [2.75, 3.05) is 17.1 Å². The van der Waals surface area contributed by atoms with Gasteiger partial charge in [-0.1, -0.05) is 24.3 Å². The van der Waals surface area contributed by atoms with E-state index in [1.54, 1.807) is 19.1 Å². The zero-order valence-corrected chi connectivity index (χ0v) is 17.5. The van der Waals surface area contributed by atoms with Gasteiger partial charge in [-0.25, -0.2) is 17.6 Å². The van der Waals surface area contributed by atoms with Gasteiger partial charge in [-0.3, -0.25) is 9.52 Å². The van der Waals surface area contributed by atoms with Gasteiger partial charge >= 0.3 is 5.97 Å². The minimum absolute atomic E-state index is 0.0688. The van der Waals surface area contributed by atoms with Gasteiger partial charge in [-0.15, -0.1) is 0 Å². The van der Waals surface area contributed by atoms with Gasteiger partial charge in [-0.2, -0.15) is 0 Å². The first-order valence-electron chi connectivity index (χ1n) is 9.09. The minimum Gasteiger partial charge on any atom is -0.465 e. The van der Waals surface area contributed by atoms with E-state index in [0.29, 0.717) is 11.3 Å². The molecule has 0 atom stereocenters. The Hall–Kier alpha value is -3.72. The maximum Gasteiger partial charge on any atom is 0.337 e. The van der Waals surface area contributed by atoms with E-state index < -0.39 is 27.7 Å². The number of carbonyl (C=O) groups is 2. The SMILES string of the molecule is COC(=O)c1ccc(C)c(NC(=O)c2cccc(S(=O)(=O)Nc3ccccc3F)c2)c1. The lowest BCUT2D eigenvalue weighted by atomic mass is 10.1. The first-order valence-corrected chi connectivity index (χ1v) is 10.6. The second-order valence-electron chi connectivity index (χ2n) is 6.59. The molecule has 3 rings (SSSR count). The molecule has 0 radical (unpaired) electrons. The standard InChI is InChI=1S/C22H19FN2O5S/c1-14-10-11-16(22(27)30-2)13-20(14)24-21(26)15-6-5-7-17(12-15)31(28,29)25-19-9-4-3-8-18(19)23/h3-13,25H,1-2H3,(H,24,26). The third kappa shape index (κ3) is 5.07. The molecule has 3 aromatic carbocycles. The van der Waals surface area contributed by atoms with Crippen molar-refractivity contribution in [1.82, 2.24) is 0 Å². The highest BCUT2D eigenvalue weighted by Crippen LogP contribution is 2.22. The number of esters is 1. The van der Waals surface area contributed by atoms with Gasteiger partial charge < -0.3 is 10.1 Å². The number of amides is 1. The Labute approximate surface area is 178 Å². The number of para-hydroxylation sites is 1. The number of sulfonamides is 1. The molecule has 2 N–H and O–H groups in total. The molecule has 0 bridgehead atoms. The van der Waals surface area contributed by atoms with Crippen LogP contribution in [0, 0.1) is 12.7 Å². The highest BCUT2D eigenvalue weighted by molar-refractivity contribution is 7.92. The van der Waals surface area contributed by atoms with Gasteiger partial charge in [0.2, 0.25) is 0 Å². The third-order valence-electron chi connectivity index (χ3n) is 4.43. The molecule has 0 saturated carbocycles. The van der Waals surface area contributed by atoms with Gasteiger partial charge in [0, 0.05) is 11.3 Å². The molecule has 0 saturated heterocycles. The van der Waals surface area contributed by atoms with E-state index >= 15 is 0 Å². The Morgan fingerprint density at radius 2 is 1.65 bits per heavy atom. The van der Waals surface area contributed by atoms with Crippen LogP contribution >= 0.6 is 0 Å². The molecule has 1 amide bonds. The number of aryl methyl sites for hydroxylation is 1. The van der Waals surface area contributed by atoms with Gasteiger partial charge in [0.05, 0.1) is 23.3 Å². The zero-order chi connectivity index (χ0) is 22.6. The molecule has 0 spiro atoms. The van der Waals surface area contributed by atoms with E-state index in [-0.39, 0.29) is 21.7 Å². The van der Waals surface area contributed by atoms with E-state index in [2.05, 4.69) is 14.8 Å². The topological polar surface area (TPSA) is 102 Å². The Bertz CT molecular complexity index is 1260. The molecule has 0 unspecified atom stereocenters. The molecule has 31 heavy (non-hydrogen) atoms. The number of anilines is 2. The number of hydrogen-bond donors (Lipinski definition) is 2. The molecule has 0 aromatic heterocycles. The van der Waals surface area contributed by atoms with Crippen molar-refractivity contribution in [2.24, 2.45) is 0 Å². The molecular weight excluding hydrogens is 423 g/mol. The van der Waals surface area contributed by atoms with Crippen molar-refractivity contribution >= 4 is 33.3 Å². The Morgan fingerprint density at radius 3 is 2.35 bits per heavy atom. The minimum atomic E-state index is -4.13. The summed E-state index contributed by atoms with van der Waals surface area (Å²) in [6.07, 6.45) is 0. The average Bonchev–Trinajstić information content (AvgIpc) is 2.76. The number of benzene rings is 3. The normalized spacial score (nSPS) is 10.9. The maximum absolute atomic E-state index is 13.8. The largest absolute Gasteiger partial charge is 0.465 e. The number of rotatable bonds is 6. The summed E-state index contributed by atoms with van der Waals surface area (Å²) in [7, 11) is -2.87. The molecule has 0 aliphatic heterocycles. The van der Waals surface area contributed by atoms with Crippen LogP contribution < -0.4 is 10.0 Å². The van der Waals surface area contributed by atoms with Crippen LogP contribution in [0.3, 0.4) is 0 Å². The second-order valence-corrected chi connectivity index (χ2v) is 8.27. The predicted octanol–water partition coefficient (Wildman–Crippen LogP) is 3.97. The lowest BCUT2D eigenvalue weighted by Gasteiger charge is -2.12. The van der Waals surface area contributed by atoms with Gasteiger partial charge in [0.15, 0.2) is 0 Å². The average molecular weight is 442 g/mol. The lowest BCUT2D eigenvalue weighted by molar-refractivity contribution is 0.0600. The number of halogens is 1. The summed E-state index contributed by atoms with van der Waals surface area (Å²) in [6, 6.07) is 15.4. The summed E-state index contributed by atoms with van der Waals surface area (Å²) in [5.74, 6) is -1.85. The monoisotopic (exact) mass is 442 g/mol. The molecule has 0 fully saturated rings. The number of methoxy groups -OCH3 is 1. The van der Waals surface area contributed by atoms with Crippen molar-refractivity contribution < 1.29 is 27.1 Å². The Kier molecular flexibility index (Phi) is 6.36. The van der Waals surface area contributed by atoms with Crippen LogP contribution in [0.1, 0.15) is 26.3 Å². The fourth-order valence-electron chi connectivity index (χ4n) is 2.75. The quantitative estimate of drug-likeness (QED) is 0.563. The van der Waals surface area contributed by atoms with Gasteiger partial charge in [-0.05, 0) is 55.0 Å². The molecule has 7 nitrogen and oxygen atoms in total. The highest BCUT2D eigenvalue weighted by Gasteiger charge is 2.19. The first-order chi connectivity index (χ1) is 14.7. The van der Waals surface area contributed by atoms with E-state index in [0.717, 1.165) is 6.07 Å². The molecule has 0 aliphatic rings. The second kappa shape index (κ2) is 8.97. The molecule has 160 valence electrons. The van der Waals surface area contributed by atoms with Crippen LogP contribution in [0.2, 0.25) is 0 Å². The molecule has 0 heterocycles. The number of ether oxygens (including phenoxy) is 1. The number of hydrogen-bond acceptors (Lipinski definition) is 5. The van der Waals surface area contributed by atoms with E-state index in [4.69, 9.17) is 0 Å². The molecule has 3 aromatic rings. The summed E-state index contributed by atoms with van der Waals surface area (Å²) in [6.45, 7) is 1.75. The smallest absolute Gasteiger partial charge is 0.337 e. The molecule has 9 heteroatoms. The summed E-state index contributed by atoms with van der Waals surface area (Å²) in [5, 5.41) is 2.66. The Balaban J connectivity index is 1.85.